The number of ether oxygens (including phenoxy) is 1. The molecular weight excluding hydrogens is 633 g/mol. The number of benzene rings is 4. The zero-order chi connectivity index (χ0) is 32.4. The number of carboxylic acid groups (broad SMARTS) is 1. The molecule has 2 N–H and O–H groups in total. The largest absolute Gasteiger partial charge is 0.492 e. The van der Waals surface area contributed by atoms with Gasteiger partial charge in [0.25, 0.3) is 10.0 Å². The number of rotatable bonds is 10. The molecular formula is C32H26ClF3N2O6S. The van der Waals surface area contributed by atoms with Gasteiger partial charge in [0.05, 0.1) is 29.1 Å². The SMILES string of the molecule is O=C(O)Cc1ccc(OCCNC(=O)C2Cc3ccccc3N2S(=O)(=O)c2ccc(-c3cc(C(F)(F)F)ccc3Cl)cc2)cc1. The number of halogens is 4. The smallest absolute Gasteiger partial charge is 0.416 e. The lowest BCUT2D eigenvalue weighted by molar-refractivity contribution is -0.138. The van der Waals surface area contributed by atoms with E-state index in [0.717, 1.165) is 22.5 Å². The fourth-order valence-corrected chi connectivity index (χ4v) is 6.91. The van der Waals surface area contributed by atoms with E-state index in [4.69, 9.17) is 21.4 Å². The minimum atomic E-state index is -4.58. The number of sulfonamides is 1. The molecule has 234 valence electrons. The van der Waals surface area contributed by atoms with Gasteiger partial charge in [-0.05, 0) is 65.2 Å². The lowest BCUT2D eigenvalue weighted by Gasteiger charge is -2.26. The van der Waals surface area contributed by atoms with Gasteiger partial charge in [-0.2, -0.15) is 13.2 Å². The van der Waals surface area contributed by atoms with Crippen LogP contribution in [0.4, 0.5) is 18.9 Å². The summed E-state index contributed by atoms with van der Waals surface area (Å²) < 4.78 is 74.4. The van der Waals surface area contributed by atoms with E-state index in [1.54, 1.807) is 48.5 Å². The average Bonchev–Trinajstić information content (AvgIpc) is 3.40. The molecule has 8 nitrogen and oxygen atoms in total. The Morgan fingerprint density at radius 3 is 2.33 bits per heavy atom. The van der Waals surface area contributed by atoms with Gasteiger partial charge >= 0.3 is 12.1 Å². The van der Waals surface area contributed by atoms with Crippen LogP contribution in [-0.4, -0.2) is 44.6 Å². The molecule has 1 atom stereocenters. The maximum atomic E-state index is 13.9. The topological polar surface area (TPSA) is 113 Å². The number of para-hydroxylation sites is 1. The molecule has 1 amide bonds. The van der Waals surface area contributed by atoms with Crippen molar-refractivity contribution >= 4 is 39.2 Å². The minimum absolute atomic E-state index is 0.0722. The molecule has 45 heavy (non-hydrogen) atoms. The lowest BCUT2D eigenvalue weighted by Crippen LogP contribution is -2.48. The minimum Gasteiger partial charge on any atom is -0.492 e. The van der Waals surface area contributed by atoms with Gasteiger partial charge < -0.3 is 15.2 Å². The van der Waals surface area contributed by atoms with Crippen molar-refractivity contribution in [3.8, 4) is 16.9 Å². The highest BCUT2D eigenvalue weighted by Crippen LogP contribution is 2.39. The van der Waals surface area contributed by atoms with Crippen molar-refractivity contribution < 1.29 is 41.0 Å². The first-order valence-corrected chi connectivity index (χ1v) is 15.5. The average molecular weight is 659 g/mol. The Labute approximate surface area is 262 Å². The number of anilines is 1. The van der Waals surface area contributed by atoms with E-state index < -0.39 is 39.7 Å². The van der Waals surface area contributed by atoms with Crippen molar-refractivity contribution in [1.82, 2.24) is 5.32 Å². The Hall–Kier alpha value is -4.55. The normalized spacial score (nSPS) is 14.6. The highest BCUT2D eigenvalue weighted by molar-refractivity contribution is 7.93. The van der Waals surface area contributed by atoms with Crippen LogP contribution in [-0.2, 0) is 38.6 Å². The summed E-state index contributed by atoms with van der Waals surface area (Å²) >= 11 is 6.17. The summed E-state index contributed by atoms with van der Waals surface area (Å²) in [5.41, 5.74) is 1.11. The molecule has 0 spiro atoms. The molecule has 0 radical (unpaired) electrons. The predicted octanol–water partition coefficient (Wildman–Crippen LogP) is 5.97. The third kappa shape index (κ3) is 7.07. The van der Waals surface area contributed by atoms with E-state index >= 15 is 0 Å². The molecule has 0 aromatic heterocycles. The standard InChI is InChI=1S/C32H26ClF3N2O6S/c33-27-14-9-23(32(34,35)36)19-26(27)21-7-12-25(13-8-21)45(42,43)38-28-4-2-1-3-22(28)18-29(38)31(41)37-15-16-44-24-10-5-20(6-11-24)17-30(39)40/h1-14,19,29H,15-18H2,(H,37,41)(H,39,40). The molecule has 13 heteroatoms. The lowest BCUT2D eigenvalue weighted by atomic mass is 10.0. The number of carboxylic acids is 1. The maximum Gasteiger partial charge on any atom is 0.416 e. The molecule has 0 saturated carbocycles. The molecule has 0 aliphatic carbocycles. The summed E-state index contributed by atoms with van der Waals surface area (Å²) in [6, 6.07) is 20.3. The molecule has 4 aromatic rings. The van der Waals surface area contributed by atoms with Crippen molar-refractivity contribution in [3.63, 3.8) is 0 Å². The number of carbonyl (C=O) groups excluding carboxylic acids is 1. The first kappa shape index (κ1) is 31.9. The number of amides is 1. The molecule has 1 unspecified atom stereocenters. The van der Waals surface area contributed by atoms with Crippen LogP contribution < -0.4 is 14.4 Å². The van der Waals surface area contributed by atoms with Crippen molar-refractivity contribution in [3.05, 3.63) is 113 Å². The first-order valence-electron chi connectivity index (χ1n) is 13.7. The van der Waals surface area contributed by atoms with Gasteiger partial charge in [0, 0.05) is 17.0 Å². The second-order valence-corrected chi connectivity index (χ2v) is 12.4. The van der Waals surface area contributed by atoms with E-state index in [1.165, 1.54) is 24.3 Å². The number of nitrogens with zero attached hydrogens (tertiary/aromatic N) is 1. The summed E-state index contributed by atoms with van der Waals surface area (Å²) in [6.07, 6.45) is -4.57. The van der Waals surface area contributed by atoms with Crippen molar-refractivity contribution in [2.24, 2.45) is 0 Å². The highest BCUT2D eigenvalue weighted by Gasteiger charge is 2.42. The molecule has 1 aliphatic heterocycles. The fourth-order valence-electron chi connectivity index (χ4n) is 5.04. The highest BCUT2D eigenvalue weighted by atomic mass is 35.5. The van der Waals surface area contributed by atoms with Gasteiger partial charge in [-0.3, -0.25) is 13.9 Å². The number of alkyl halides is 3. The van der Waals surface area contributed by atoms with Gasteiger partial charge in [-0.15, -0.1) is 0 Å². The van der Waals surface area contributed by atoms with Crippen LogP contribution in [0.25, 0.3) is 11.1 Å². The predicted molar refractivity (Wildman–Crippen MR) is 162 cm³/mol. The zero-order valence-electron chi connectivity index (χ0n) is 23.4. The van der Waals surface area contributed by atoms with Gasteiger partial charge in [-0.1, -0.05) is 54.1 Å². The zero-order valence-corrected chi connectivity index (χ0v) is 25.0. The first-order chi connectivity index (χ1) is 21.3. The summed E-state index contributed by atoms with van der Waals surface area (Å²) in [7, 11) is -4.29. The number of hydrogen-bond acceptors (Lipinski definition) is 5. The van der Waals surface area contributed by atoms with Gasteiger partial charge in [0.2, 0.25) is 5.91 Å². The Balaban J connectivity index is 1.31. The molecule has 0 fully saturated rings. The van der Waals surface area contributed by atoms with E-state index in [-0.39, 0.29) is 47.0 Å². The number of nitrogens with one attached hydrogen (secondary N) is 1. The van der Waals surface area contributed by atoms with Gasteiger partial charge in [-0.25, -0.2) is 8.42 Å². The molecule has 1 heterocycles. The van der Waals surface area contributed by atoms with Gasteiger partial charge in [0.1, 0.15) is 18.4 Å². The van der Waals surface area contributed by atoms with E-state index in [2.05, 4.69) is 5.32 Å². The van der Waals surface area contributed by atoms with E-state index in [1.807, 2.05) is 0 Å². The molecule has 1 aliphatic rings. The van der Waals surface area contributed by atoms with Crippen LogP contribution in [0.5, 0.6) is 5.75 Å². The van der Waals surface area contributed by atoms with Crippen molar-refractivity contribution in [2.75, 3.05) is 17.5 Å². The number of hydrogen-bond donors (Lipinski definition) is 2. The maximum absolute atomic E-state index is 13.9. The van der Waals surface area contributed by atoms with Crippen LogP contribution in [0.1, 0.15) is 16.7 Å². The third-order valence-electron chi connectivity index (χ3n) is 7.19. The molecule has 5 rings (SSSR count). The summed E-state index contributed by atoms with van der Waals surface area (Å²) in [5, 5.41) is 11.7. The monoisotopic (exact) mass is 658 g/mol. The summed E-state index contributed by atoms with van der Waals surface area (Å²) in [4.78, 5) is 24.0. The second-order valence-electron chi connectivity index (χ2n) is 10.2. The Bertz CT molecular complexity index is 1830. The molecule has 4 aromatic carbocycles. The summed E-state index contributed by atoms with van der Waals surface area (Å²) in [5.74, 6) is -1.01. The van der Waals surface area contributed by atoms with Crippen LogP contribution >= 0.6 is 11.6 Å². The fraction of sp³-hybridized carbons (Fsp3) is 0.188. The van der Waals surface area contributed by atoms with Crippen LogP contribution in [0.15, 0.2) is 95.9 Å². The van der Waals surface area contributed by atoms with Crippen LogP contribution in [0.2, 0.25) is 5.02 Å². The quantitative estimate of drug-likeness (QED) is 0.203. The number of carbonyl (C=O) groups is 2. The Kier molecular flexibility index (Phi) is 9.08. The van der Waals surface area contributed by atoms with Crippen LogP contribution in [0, 0.1) is 0 Å². The van der Waals surface area contributed by atoms with E-state index in [9.17, 15) is 31.2 Å². The third-order valence-corrected chi connectivity index (χ3v) is 9.36. The molecule has 0 bridgehead atoms. The second kappa shape index (κ2) is 12.8. The Morgan fingerprint density at radius 1 is 0.978 bits per heavy atom. The van der Waals surface area contributed by atoms with Crippen molar-refractivity contribution in [2.45, 2.75) is 30.0 Å². The van der Waals surface area contributed by atoms with Gasteiger partial charge in [0.15, 0.2) is 0 Å². The number of aliphatic carboxylic acids is 1. The summed E-state index contributed by atoms with van der Waals surface area (Å²) in [6.45, 7) is 0.152. The van der Waals surface area contributed by atoms with E-state index in [0.29, 0.717) is 22.6 Å². The van der Waals surface area contributed by atoms with Crippen molar-refractivity contribution in [1.29, 1.82) is 0 Å². The molecule has 0 saturated heterocycles. The van der Waals surface area contributed by atoms with Crippen LogP contribution in [0.3, 0.4) is 0 Å². The number of fused-ring (bicyclic) bond motifs is 1. The Morgan fingerprint density at radius 2 is 1.67 bits per heavy atom.